The van der Waals surface area contributed by atoms with E-state index in [1.54, 1.807) is 6.20 Å². The molecule has 0 atom stereocenters. The number of hydrogen-bond acceptors (Lipinski definition) is 3. The highest BCUT2D eigenvalue weighted by Crippen LogP contribution is 2.29. The minimum atomic E-state index is 0.548. The van der Waals surface area contributed by atoms with E-state index in [4.69, 9.17) is 0 Å². The number of nitrogens with one attached hydrogen (secondary N) is 1. The molecule has 0 spiro atoms. The fourth-order valence-electron chi connectivity index (χ4n) is 2.21. The number of aryl methyl sites for hydroxylation is 1. The van der Waals surface area contributed by atoms with Crippen molar-refractivity contribution in [1.82, 2.24) is 4.98 Å². The largest absolute Gasteiger partial charge is 0.354 e. The van der Waals surface area contributed by atoms with Crippen LogP contribution in [0.2, 0.25) is 0 Å². The van der Waals surface area contributed by atoms with Crippen LogP contribution in [0.4, 0.5) is 11.4 Å². The Balaban J connectivity index is 2.20. The summed E-state index contributed by atoms with van der Waals surface area (Å²) >= 11 is 0. The van der Waals surface area contributed by atoms with Crippen molar-refractivity contribution in [1.29, 1.82) is 5.26 Å². The van der Waals surface area contributed by atoms with Gasteiger partial charge in [0.15, 0.2) is 0 Å². The third-order valence-electron chi connectivity index (χ3n) is 3.30. The molecule has 0 aliphatic rings. The highest BCUT2D eigenvalue weighted by Gasteiger charge is 2.09. The molecule has 3 rings (SSSR count). The van der Waals surface area contributed by atoms with E-state index < -0.39 is 0 Å². The third-order valence-corrected chi connectivity index (χ3v) is 3.30. The van der Waals surface area contributed by atoms with Crippen molar-refractivity contribution in [3.05, 3.63) is 65.9 Å². The first-order valence-electron chi connectivity index (χ1n) is 6.40. The van der Waals surface area contributed by atoms with E-state index in [1.807, 2.05) is 55.5 Å². The zero-order chi connectivity index (χ0) is 13.9. The van der Waals surface area contributed by atoms with Crippen LogP contribution in [0.25, 0.3) is 10.9 Å². The maximum absolute atomic E-state index is 9.30. The number of hydrogen-bond donors (Lipinski definition) is 1. The predicted molar refractivity (Wildman–Crippen MR) is 80.9 cm³/mol. The Labute approximate surface area is 117 Å². The van der Waals surface area contributed by atoms with Gasteiger partial charge in [0.05, 0.1) is 16.8 Å². The lowest BCUT2D eigenvalue weighted by molar-refractivity contribution is 1.35. The van der Waals surface area contributed by atoms with Gasteiger partial charge in [0.1, 0.15) is 6.07 Å². The van der Waals surface area contributed by atoms with Crippen LogP contribution in [0.5, 0.6) is 0 Å². The van der Waals surface area contributed by atoms with Crippen molar-refractivity contribution in [2.24, 2.45) is 0 Å². The van der Waals surface area contributed by atoms with Gasteiger partial charge in [-0.25, -0.2) is 0 Å². The average Bonchev–Trinajstić information content (AvgIpc) is 2.50. The van der Waals surface area contributed by atoms with E-state index in [1.165, 1.54) is 0 Å². The Morgan fingerprint density at radius 1 is 1.05 bits per heavy atom. The summed E-state index contributed by atoms with van der Waals surface area (Å²) in [6.07, 6.45) is 1.61. The summed E-state index contributed by atoms with van der Waals surface area (Å²) < 4.78 is 0. The highest BCUT2D eigenvalue weighted by atomic mass is 14.9. The van der Waals surface area contributed by atoms with Gasteiger partial charge in [-0.15, -0.1) is 0 Å². The summed E-state index contributed by atoms with van der Waals surface area (Å²) in [5, 5.41) is 13.6. The molecule has 2 aromatic carbocycles. The number of aromatic nitrogens is 1. The number of benzene rings is 2. The van der Waals surface area contributed by atoms with Crippen LogP contribution in [0.15, 0.2) is 54.7 Å². The Morgan fingerprint density at radius 2 is 1.80 bits per heavy atom. The SMILES string of the molecule is Cc1ccccc1Nc1c(C#N)cnc2ccccc12. The monoisotopic (exact) mass is 259 g/mol. The van der Waals surface area contributed by atoms with Gasteiger partial charge in [-0.1, -0.05) is 36.4 Å². The first kappa shape index (κ1) is 12.2. The molecule has 20 heavy (non-hydrogen) atoms. The number of nitriles is 1. The Bertz CT molecular complexity index is 816. The van der Waals surface area contributed by atoms with Crippen LogP contribution >= 0.6 is 0 Å². The van der Waals surface area contributed by atoms with Crippen LogP contribution in [-0.4, -0.2) is 4.98 Å². The van der Waals surface area contributed by atoms with Gasteiger partial charge in [-0.05, 0) is 24.6 Å². The molecule has 0 fully saturated rings. The van der Waals surface area contributed by atoms with E-state index >= 15 is 0 Å². The van der Waals surface area contributed by atoms with Gasteiger partial charge < -0.3 is 5.32 Å². The molecule has 96 valence electrons. The smallest absolute Gasteiger partial charge is 0.103 e. The molecule has 0 saturated heterocycles. The van der Waals surface area contributed by atoms with Crippen LogP contribution in [0.1, 0.15) is 11.1 Å². The zero-order valence-corrected chi connectivity index (χ0v) is 11.1. The summed E-state index contributed by atoms with van der Waals surface area (Å²) in [5.74, 6) is 0. The van der Waals surface area contributed by atoms with Gasteiger partial charge >= 0.3 is 0 Å². The molecule has 0 radical (unpaired) electrons. The third kappa shape index (κ3) is 2.08. The van der Waals surface area contributed by atoms with E-state index in [2.05, 4.69) is 16.4 Å². The second-order valence-electron chi connectivity index (χ2n) is 4.62. The zero-order valence-electron chi connectivity index (χ0n) is 11.1. The van der Waals surface area contributed by atoms with Crippen LogP contribution in [0.3, 0.4) is 0 Å². The minimum absolute atomic E-state index is 0.548. The van der Waals surface area contributed by atoms with Gasteiger partial charge in [0.2, 0.25) is 0 Å². The lowest BCUT2D eigenvalue weighted by atomic mass is 10.1. The van der Waals surface area contributed by atoms with Gasteiger partial charge in [0, 0.05) is 17.3 Å². The number of pyridine rings is 1. The van der Waals surface area contributed by atoms with Crippen LogP contribution in [0, 0.1) is 18.3 Å². The molecule has 0 amide bonds. The van der Waals surface area contributed by atoms with E-state index in [9.17, 15) is 5.26 Å². The normalized spacial score (nSPS) is 10.2. The Morgan fingerprint density at radius 3 is 2.60 bits per heavy atom. The lowest BCUT2D eigenvalue weighted by Gasteiger charge is -2.13. The molecule has 3 heteroatoms. The van der Waals surface area contributed by atoms with Crippen molar-refractivity contribution < 1.29 is 0 Å². The molecule has 1 aromatic heterocycles. The summed E-state index contributed by atoms with van der Waals surface area (Å²) in [7, 11) is 0. The molecule has 3 nitrogen and oxygen atoms in total. The lowest BCUT2D eigenvalue weighted by Crippen LogP contribution is -1.98. The number of para-hydroxylation sites is 2. The van der Waals surface area contributed by atoms with E-state index in [-0.39, 0.29) is 0 Å². The van der Waals surface area contributed by atoms with Crippen molar-refractivity contribution in [2.75, 3.05) is 5.32 Å². The van der Waals surface area contributed by atoms with Crippen molar-refractivity contribution in [3.63, 3.8) is 0 Å². The maximum Gasteiger partial charge on any atom is 0.103 e. The quantitative estimate of drug-likeness (QED) is 0.751. The van der Waals surface area contributed by atoms with Crippen LogP contribution in [-0.2, 0) is 0 Å². The summed E-state index contributed by atoms with van der Waals surface area (Å²) in [6.45, 7) is 2.04. The molecule has 0 aliphatic carbocycles. The number of nitrogens with zero attached hydrogens (tertiary/aromatic N) is 2. The van der Waals surface area contributed by atoms with Crippen molar-refractivity contribution >= 4 is 22.3 Å². The molecular formula is C17H13N3. The molecule has 0 saturated carbocycles. The predicted octanol–water partition coefficient (Wildman–Crippen LogP) is 4.16. The summed E-state index contributed by atoms with van der Waals surface area (Å²) in [4.78, 5) is 4.31. The first-order chi connectivity index (χ1) is 9.79. The standard InChI is InChI=1S/C17H13N3/c1-12-6-2-4-8-15(12)20-17-13(10-18)11-19-16-9-5-3-7-14(16)17/h2-9,11H,1H3,(H,19,20). The topological polar surface area (TPSA) is 48.7 Å². The van der Waals surface area contributed by atoms with Crippen molar-refractivity contribution in [2.45, 2.75) is 6.92 Å². The Hall–Kier alpha value is -2.86. The summed E-state index contributed by atoms with van der Waals surface area (Å²) in [6, 6.07) is 18.0. The fourth-order valence-corrected chi connectivity index (χ4v) is 2.21. The molecule has 1 heterocycles. The number of fused-ring (bicyclic) bond motifs is 1. The van der Waals surface area contributed by atoms with Crippen LogP contribution < -0.4 is 5.32 Å². The van der Waals surface area contributed by atoms with Gasteiger partial charge in [0.25, 0.3) is 0 Å². The second kappa shape index (κ2) is 5.02. The first-order valence-corrected chi connectivity index (χ1v) is 6.40. The molecule has 0 aliphatic heterocycles. The fraction of sp³-hybridized carbons (Fsp3) is 0.0588. The van der Waals surface area contributed by atoms with Gasteiger partial charge in [-0.3, -0.25) is 4.98 Å². The molecule has 0 unspecified atom stereocenters. The average molecular weight is 259 g/mol. The molecular weight excluding hydrogens is 246 g/mol. The maximum atomic E-state index is 9.30. The molecule has 1 N–H and O–H groups in total. The second-order valence-corrected chi connectivity index (χ2v) is 4.62. The Kier molecular flexibility index (Phi) is 3.06. The number of rotatable bonds is 2. The molecule has 3 aromatic rings. The van der Waals surface area contributed by atoms with E-state index in [0.717, 1.165) is 27.8 Å². The summed E-state index contributed by atoms with van der Waals surface area (Å²) in [5.41, 5.74) is 4.37. The highest BCUT2D eigenvalue weighted by molar-refractivity contribution is 5.95. The molecule has 0 bridgehead atoms. The minimum Gasteiger partial charge on any atom is -0.354 e. The number of anilines is 2. The van der Waals surface area contributed by atoms with Crippen molar-refractivity contribution in [3.8, 4) is 6.07 Å². The van der Waals surface area contributed by atoms with Gasteiger partial charge in [-0.2, -0.15) is 5.26 Å². The van der Waals surface area contributed by atoms with E-state index in [0.29, 0.717) is 5.56 Å².